The molecule has 0 saturated heterocycles. The van der Waals surface area contributed by atoms with E-state index < -0.39 is 0 Å². The third-order valence-electron chi connectivity index (χ3n) is 10.2. The highest BCUT2D eigenvalue weighted by Gasteiger charge is 2.11. The second kappa shape index (κ2) is 44.1. The zero-order valence-electron chi connectivity index (χ0n) is 35.2. The molecule has 0 bridgehead atoms. The SMILES string of the molecule is CCCCCCCCCCCCCCCC(=O)OC(CC)CCCC.CCCCCCCCCCCCCCCC(=O)OCC(C)CCCC. The van der Waals surface area contributed by atoms with Gasteiger partial charge >= 0.3 is 11.9 Å². The van der Waals surface area contributed by atoms with Crippen LogP contribution in [0.25, 0.3) is 0 Å². The lowest BCUT2D eigenvalue weighted by atomic mass is 10.0. The van der Waals surface area contributed by atoms with E-state index in [4.69, 9.17) is 9.47 Å². The second-order valence-corrected chi connectivity index (χ2v) is 15.6. The molecule has 0 aliphatic rings. The van der Waals surface area contributed by atoms with Crippen molar-refractivity contribution in [1.82, 2.24) is 0 Å². The third-order valence-corrected chi connectivity index (χ3v) is 10.2. The topological polar surface area (TPSA) is 52.6 Å². The van der Waals surface area contributed by atoms with Crippen LogP contribution in [-0.4, -0.2) is 24.6 Å². The van der Waals surface area contributed by atoms with Crippen LogP contribution in [-0.2, 0) is 19.1 Å². The lowest BCUT2D eigenvalue weighted by Gasteiger charge is -2.15. The molecule has 300 valence electrons. The summed E-state index contributed by atoms with van der Waals surface area (Å²) in [5, 5.41) is 0. The van der Waals surface area contributed by atoms with Gasteiger partial charge in [0, 0.05) is 12.8 Å². The number of carbonyl (C=O) groups is 2. The molecular weight excluding hydrogens is 617 g/mol. The van der Waals surface area contributed by atoms with Crippen LogP contribution in [0, 0.1) is 5.92 Å². The van der Waals surface area contributed by atoms with E-state index in [2.05, 4.69) is 41.5 Å². The first-order valence-corrected chi connectivity index (χ1v) is 22.8. The van der Waals surface area contributed by atoms with E-state index in [9.17, 15) is 9.59 Å². The standard InChI is InChI=1S/2C23H46O2/c1-4-6-8-9-10-11-12-13-14-15-16-17-18-20-23(24)25-21-22(3)19-7-5-2;1-4-7-9-10-11-12-13-14-15-16-17-18-19-21-23(24)25-22(6-3)20-8-5-2/h2*22H,4-21H2,1-3H3. The van der Waals surface area contributed by atoms with E-state index in [1.807, 2.05) is 0 Å². The molecule has 0 saturated carbocycles. The maximum atomic E-state index is 11.9. The van der Waals surface area contributed by atoms with E-state index in [-0.39, 0.29) is 18.0 Å². The lowest BCUT2D eigenvalue weighted by Crippen LogP contribution is -2.17. The predicted octanol–water partition coefficient (Wildman–Crippen LogP) is 15.8. The molecule has 0 fully saturated rings. The van der Waals surface area contributed by atoms with Gasteiger partial charge in [0.2, 0.25) is 0 Å². The molecule has 0 aliphatic heterocycles. The lowest BCUT2D eigenvalue weighted by molar-refractivity contribution is -0.149. The Bertz CT molecular complexity index is 663. The molecular formula is C46H92O4. The van der Waals surface area contributed by atoms with Crippen molar-refractivity contribution in [3.05, 3.63) is 0 Å². The van der Waals surface area contributed by atoms with E-state index in [0.717, 1.165) is 32.1 Å². The molecule has 2 atom stereocenters. The highest BCUT2D eigenvalue weighted by Crippen LogP contribution is 2.16. The average molecular weight is 709 g/mol. The molecule has 0 radical (unpaired) electrons. The van der Waals surface area contributed by atoms with Crippen LogP contribution in [0.1, 0.15) is 266 Å². The number of esters is 2. The summed E-state index contributed by atoms with van der Waals surface area (Å²) in [6, 6.07) is 0. The molecule has 0 aromatic heterocycles. The first-order chi connectivity index (χ1) is 24.4. The van der Waals surface area contributed by atoms with Crippen LogP contribution in [0.4, 0.5) is 0 Å². The van der Waals surface area contributed by atoms with Gasteiger partial charge in [-0.15, -0.1) is 0 Å². The van der Waals surface area contributed by atoms with Crippen LogP contribution in [0.2, 0.25) is 0 Å². The summed E-state index contributed by atoms with van der Waals surface area (Å²) >= 11 is 0. The van der Waals surface area contributed by atoms with Crippen molar-refractivity contribution in [2.24, 2.45) is 5.92 Å². The summed E-state index contributed by atoms with van der Waals surface area (Å²) in [5.41, 5.74) is 0. The maximum Gasteiger partial charge on any atom is 0.306 e. The Morgan fingerprint density at radius 2 is 0.720 bits per heavy atom. The quantitative estimate of drug-likeness (QED) is 0.0473. The highest BCUT2D eigenvalue weighted by atomic mass is 16.5. The minimum atomic E-state index is 0.00595. The predicted molar refractivity (Wildman–Crippen MR) is 220 cm³/mol. The van der Waals surface area contributed by atoms with Gasteiger partial charge in [-0.2, -0.15) is 0 Å². The molecule has 0 aliphatic carbocycles. The van der Waals surface area contributed by atoms with Crippen molar-refractivity contribution < 1.29 is 19.1 Å². The third kappa shape index (κ3) is 43.1. The zero-order chi connectivity index (χ0) is 37.2. The summed E-state index contributed by atoms with van der Waals surface area (Å²) in [6.45, 7) is 13.8. The Kier molecular flexibility index (Phi) is 45.0. The van der Waals surface area contributed by atoms with Crippen LogP contribution in [0.15, 0.2) is 0 Å². The fourth-order valence-corrected chi connectivity index (χ4v) is 6.54. The van der Waals surface area contributed by atoms with Crippen LogP contribution in [0.5, 0.6) is 0 Å². The molecule has 2 unspecified atom stereocenters. The van der Waals surface area contributed by atoms with Crippen molar-refractivity contribution in [2.75, 3.05) is 6.61 Å². The summed E-state index contributed by atoms with van der Waals surface area (Å²) in [6.07, 6.45) is 44.1. The molecule has 0 aromatic carbocycles. The number of hydrogen-bond donors (Lipinski definition) is 0. The van der Waals surface area contributed by atoms with Crippen molar-refractivity contribution in [3.63, 3.8) is 0 Å². The monoisotopic (exact) mass is 709 g/mol. The van der Waals surface area contributed by atoms with Crippen molar-refractivity contribution >= 4 is 11.9 Å². The molecule has 0 amide bonds. The fraction of sp³-hybridized carbons (Fsp3) is 0.957. The first kappa shape index (κ1) is 51.0. The van der Waals surface area contributed by atoms with Gasteiger partial charge in [0.1, 0.15) is 6.10 Å². The Morgan fingerprint density at radius 3 is 1.08 bits per heavy atom. The van der Waals surface area contributed by atoms with Gasteiger partial charge in [-0.1, -0.05) is 221 Å². The Hall–Kier alpha value is -1.06. The minimum Gasteiger partial charge on any atom is -0.465 e. The van der Waals surface area contributed by atoms with E-state index in [1.54, 1.807) is 0 Å². The molecule has 0 aromatic rings. The van der Waals surface area contributed by atoms with Crippen molar-refractivity contribution in [2.45, 2.75) is 272 Å². The second-order valence-electron chi connectivity index (χ2n) is 15.6. The Labute approximate surface area is 315 Å². The molecule has 0 rings (SSSR count). The fourth-order valence-electron chi connectivity index (χ4n) is 6.54. The summed E-state index contributed by atoms with van der Waals surface area (Å²) in [5.74, 6) is 0.535. The summed E-state index contributed by atoms with van der Waals surface area (Å²) in [4.78, 5) is 23.6. The van der Waals surface area contributed by atoms with Gasteiger partial charge in [0.05, 0.1) is 6.61 Å². The minimum absolute atomic E-state index is 0.00595. The molecule has 4 nitrogen and oxygen atoms in total. The van der Waals surface area contributed by atoms with Gasteiger partial charge in [-0.05, 0) is 38.0 Å². The number of ether oxygens (including phenoxy) is 2. The van der Waals surface area contributed by atoms with E-state index in [1.165, 1.54) is 180 Å². The number of hydrogen-bond acceptors (Lipinski definition) is 4. The van der Waals surface area contributed by atoms with Gasteiger partial charge in [0.25, 0.3) is 0 Å². The molecule has 50 heavy (non-hydrogen) atoms. The summed E-state index contributed by atoms with van der Waals surface area (Å²) in [7, 11) is 0. The normalized spacial score (nSPS) is 12.3. The highest BCUT2D eigenvalue weighted by molar-refractivity contribution is 5.69. The van der Waals surface area contributed by atoms with Crippen molar-refractivity contribution in [3.8, 4) is 0 Å². The number of rotatable bonds is 38. The van der Waals surface area contributed by atoms with Gasteiger partial charge < -0.3 is 9.47 Å². The molecule has 0 heterocycles. The van der Waals surface area contributed by atoms with Crippen LogP contribution >= 0.6 is 0 Å². The zero-order valence-corrected chi connectivity index (χ0v) is 35.2. The largest absolute Gasteiger partial charge is 0.465 e. The Balaban J connectivity index is 0. The Morgan fingerprint density at radius 1 is 0.400 bits per heavy atom. The number of carbonyl (C=O) groups excluding carboxylic acids is 2. The first-order valence-electron chi connectivity index (χ1n) is 22.8. The summed E-state index contributed by atoms with van der Waals surface area (Å²) < 4.78 is 10.9. The number of unbranched alkanes of at least 4 members (excludes halogenated alkanes) is 26. The molecule has 0 N–H and O–H groups in total. The maximum absolute atomic E-state index is 11.9. The smallest absolute Gasteiger partial charge is 0.306 e. The van der Waals surface area contributed by atoms with E-state index >= 15 is 0 Å². The van der Waals surface area contributed by atoms with Gasteiger partial charge in [-0.25, -0.2) is 0 Å². The molecule has 4 heteroatoms. The molecule has 0 spiro atoms. The van der Waals surface area contributed by atoms with Crippen LogP contribution < -0.4 is 0 Å². The van der Waals surface area contributed by atoms with Crippen LogP contribution in [0.3, 0.4) is 0 Å². The van der Waals surface area contributed by atoms with Gasteiger partial charge in [-0.3, -0.25) is 9.59 Å². The van der Waals surface area contributed by atoms with Gasteiger partial charge in [0.15, 0.2) is 0 Å². The average Bonchev–Trinajstić information content (AvgIpc) is 3.12. The van der Waals surface area contributed by atoms with Crippen molar-refractivity contribution in [1.29, 1.82) is 0 Å². The van der Waals surface area contributed by atoms with E-state index in [0.29, 0.717) is 25.4 Å².